The SMILES string of the molecule is CCN[C@H](C)CNS(=O)(=O)c1cccc(C)c1Br. The Hall–Kier alpha value is -0.430. The zero-order valence-corrected chi connectivity index (χ0v) is 13.2. The van der Waals surface area contributed by atoms with Crippen molar-refractivity contribution in [3.63, 3.8) is 0 Å². The molecule has 4 nitrogen and oxygen atoms in total. The number of hydrogen-bond donors (Lipinski definition) is 2. The van der Waals surface area contributed by atoms with E-state index in [4.69, 9.17) is 0 Å². The number of nitrogens with one attached hydrogen (secondary N) is 2. The van der Waals surface area contributed by atoms with Gasteiger partial charge in [-0.2, -0.15) is 0 Å². The summed E-state index contributed by atoms with van der Waals surface area (Å²) in [6, 6.07) is 5.30. The predicted molar refractivity (Wildman–Crippen MR) is 77.2 cm³/mol. The van der Waals surface area contributed by atoms with Crippen LogP contribution in [-0.2, 0) is 10.0 Å². The topological polar surface area (TPSA) is 58.2 Å². The summed E-state index contributed by atoms with van der Waals surface area (Å²) >= 11 is 3.32. The van der Waals surface area contributed by atoms with Crippen molar-refractivity contribution in [3.05, 3.63) is 28.2 Å². The molecule has 0 aliphatic rings. The van der Waals surface area contributed by atoms with Crippen molar-refractivity contribution in [1.82, 2.24) is 10.0 Å². The Labute approximate surface area is 117 Å². The van der Waals surface area contributed by atoms with Crippen LogP contribution in [0.25, 0.3) is 0 Å². The zero-order valence-electron chi connectivity index (χ0n) is 10.8. The summed E-state index contributed by atoms with van der Waals surface area (Å²) in [4.78, 5) is 0.284. The van der Waals surface area contributed by atoms with E-state index >= 15 is 0 Å². The number of sulfonamides is 1. The summed E-state index contributed by atoms with van der Waals surface area (Å²) in [5.74, 6) is 0. The van der Waals surface area contributed by atoms with Crippen molar-refractivity contribution in [1.29, 1.82) is 0 Å². The molecule has 0 aliphatic heterocycles. The number of rotatable bonds is 6. The van der Waals surface area contributed by atoms with Gasteiger partial charge in [0.15, 0.2) is 0 Å². The third-order valence-corrected chi connectivity index (χ3v) is 5.36. The fourth-order valence-electron chi connectivity index (χ4n) is 1.56. The smallest absolute Gasteiger partial charge is 0.241 e. The highest BCUT2D eigenvalue weighted by atomic mass is 79.9. The van der Waals surface area contributed by atoms with Gasteiger partial charge in [-0.25, -0.2) is 13.1 Å². The molecule has 6 heteroatoms. The fourth-order valence-corrected chi connectivity index (χ4v) is 3.74. The predicted octanol–water partition coefficient (Wildman–Crippen LogP) is 2.03. The van der Waals surface area contributed by atoms with Crippen molar-refractivity contribution in [2.24, 2.45) is 0 Å². The molecule has 0 radical (unpaired) electrons. The lowest BCUT2D eigenvalue weighted by molar-refractivity contribution is 0.536. The van der Waals surface area contributed by atoms with Gasteiger partial charge in [0.25, 0.3) is 0 Å². The van der Waals surface area contributed by atoms with Crippen molar-refractivity contribution >= 4 is 26.0 Å². The van der Waals surface area contributed by atoms with Crippen LogP contribution < -0.4 is 10.0 Å². The van der Waals surface area contributed by atoms with Crippen LogP contribution in [-0.4, -0.2) is 27.5 Å². The molecule has 0 heterocycles. The number of likely N-dealkylation sites (N-methyl/N-ethyl adjacent to an activating group) is 1. The first-order chi connectivity index (χ1) is 8.38. The van der Waals surface area contributed by atoms with E-state index in [-0.39, 0.29) is 10.9 Å². The number of benzene rings is 1. The minimum Gasteiger partial charge on any atom is -0.313 e. The average Bonchev–Trinajstić information content (AvgIpc) is 2.30. The van der Waals surface area contributed by atoms with Crippen LogP contribution in [0.1, 0.15) is 19.4 Å². The molecular formula is C12H19BrN2O2S. The fraction of sp³-hybridized carbons (Fsp3) is 0.500. The van der Waals surface area contributed by atoms with Gasteiger partial charge in [0, 0.05) is 17.1 Å². The van der Waals surface area contributed by atoms with Gasteiger partial charge >= 0.3 is 0 Å². The Morgan fingerprint density at radius 2 is 2.06 bits per heavy atom. The molecule has 0 spiro atoms. The summed E-state index contributed by atoms with van der Waals surface area (Å²) in [6.07, 6.45) is 0. The third kappa shape index (κ3) is 4.05. The van der Waals surface area contributed by atoms with E-state index < -0.39 is 10.0 Å². The van der Waals surface area contributed by atoms with Gasteiger partial charge in [0.05, 0.1) is 4.90 Å². The summed E-state index contributed by atoms with van der Waals surface area (Å²) < 4.78 is 27.5. The van der Waals surface area contributed by atoms with Crippen molar-refractivity contribution < 1.29 is 8.42 Å². The van der Waals surface area contributed by atoms with Crippen LogP contribution in [0.3, 0.4) is 0 Å². The molecule has 0 unspecified atom stereocenters. The van der Waals surface area contributed by atoms with Gasteiger partial charge in [-0.3, -0.25) is 0 Å². The van der Waals surface area contributed by atoms with Gasteiger partial charge in [-0.1, -0.05) is 19.1 Å². The standard InChI is InChI=1S/C12H19BrN2O2S/c1-4-14-10(3)8-15-18(16,17)11-7-5-6-9(2)12(11)13/h5-7,10,14-15H,4,8H2,1-3H3/t10-/m1/s1. The van der Waals surface area contributed by atoms with Crippen LogP contribution >= 0.6 is 15.9 Å². The van der Waals surface area contributed by atoms with E-state index in [2.05, 4.69) is 26.0 Å². The summed E-state index contributed by atoms with van der Waals surface area (Å²) in [5, 5.41) is 3.16. The van der Waals surface area contributed by atoms with E-state index in [1.54, 1.807) is 12.1 Å². The highest BCUT2D eigenvalue weighted by Gasteiger charge is 2.18. The highest BCUT2D eigenvalue weighted by Crippen LogP contribution is 2.24. The minimum atomic E-state index is -3.46. The molecule has 0 saturated heterocycles. The Balaban J connectivity index is 2.84. The molecular weight excluding hydrogens is 316 g/mol. The molecule has 0 bridgehead atoms. The number of hydrogen-bond acceptors (Lipinski definition) is 3. The van der Waals surface area contributed by atoms with Crippen molar-refractivity contribution in [3.8, 4) is 0 Å². The number of halogens is 1. The third-order valence-electron chi connectivity index (χ3n) is 2.58. The quantitative estimate of drug-likeness (QED) is 0.836. The van der Waals surface area contributed by atoms with Crippen molar-refractivity contribution in [2.75, 3.05) is 13.1 Å². The summed E-state index contributed by atoms with van der Waals surface area (Å²) in [7, 11) is -3.46. The molecule has 0 aromatic heterocycles. The van der Waals surface area contributed by atoms with E-state index in [9.17, 15) is 8.42 Å². The van der Waals surface area contributed by atoms with E-state index in [0.717, 1.165) is 12.1 Å². The second-order valence-corrected chi connectivity index (χ2v) is 6.73. The maximum Gasteiger partial charge on any atom is 0.241 e. The van der Waals surface area contributed by atoms with Crippen LogP contribution in [0, 0.1) is 6.92 Å². The molecule has 0 aliphatic carbocycles. The minimum absolute atomic E-state index is 0.105. The Kier molecular flexibility index (Phi) is 5.78. The molecule has 18 heavy (non-hydrogen) atoms. The largest absolute Gasteiger partial charge is 0.313 e. The highest BCUT2D eigenvalue weighted by molar-refractivity contribution is 9.10. The normalized spacial score (nSPS) is 13.6. The molecule has 1 rings (SSSR count). The first kappa shape index (κ1) is 15.6. The van der Waals surface area contributed by atoms with E-state index in [1.165, 1.54) is 0 Å². The Morgan fingerprint density at radius 3 is 2.67 bits per heavy atom. The van der Waals surface area contributed by atoms with Gasteiger partial charge in [-0.05, 0) is 48.0 Å². The Bertz CT molecular complexity index is 503. The number of aryl methyl sites for hydroxylation is 1. The lowest BCUT2D eigenvalue weighted by Crippen LogP contribution is -2.38. The second-order valence-electron chi connectivity index (χ2n) is 4.20. The molecule has 1 atom stereocenters. The van der Waals surface area contributed by atoms with E-state index in [0.29, 0.717) is 11.0 Å². The van der Waals surface area contributed by atoms with Crippen LogP contribution in [0.15, 0.2) is 27.6 Å². The molecule has 1 aromatic carbocycles. The van der Waals surface area contributed by atoms with Crippen LogP contribution in [0.5, 0.6) is 0 Å². The van der Waals surface area contributed by atoms with Crippen LogP contribution in [0.4, 0.5) is 0 Å². The summed E-state index contributed by atoms with van der Waals surface area (Å²) in [6.45, 7) is 6.98. The maximum atomic E-state index is 12.1. The average molecular weight is 335 g/mol. The van der Waals surface area contributed by atoms with Crippen LogP contribution in [0.2, 0.25) is 0 Å². The van der Waals surface area contributed by atoms with E-state index in [1.807, 2.05) is 26.8 Å². The van der Waals surface area contributed by atoms with Crippen molar-refractivity contribution in [2.45, 2.75) is 31.7 Å². The lowest BCUT2D eigenvalue weighted by Gasteiger charge is -2.14. The molecule has 102 valence electrons. The van der Waals surface area contributed by atoms with Gasteiger partial charge < -0.3 is 5.32 Å². The monoisotopic (exact) mass is 334 g/mol. The lowest BCUT2D eigenvalue weighted by atomic mass is 10.2. The zero-order chi connectivity index (χ0) is 13.8. The van der Waals surface area contributed by atoms with Gasteiger partial charge in [0.1, 0.15) is 0 Å². The molecule has 2 N–H and O–H groups in total. The molecule has 0 amide bonds. The Morgan fingerprint density at radius 1 is 1.39 bits per heavy atom. The second kappa shape index (κ2) is 6.65. The molecule has 1 aromatic rings. The maximum absolute atomic E-state index is 12.1. The first-order valence-electron chi connectivity index (χ1n) is 5.86. The van der Waals surface area contributed by atoms with Gasteiger partial charge in [0.2, 0.25) is 10.0 Å². The molecule has 0 saturated carbocycles. The summed E-state index contributed by atoms with van der Waals surface area (Å²) in [5.41, 5.74) is 0.901. The molecule has 0 fully saturated rings. The van der Waals surface area contributed by atoms with Gasteiger partial charge in [-0.15, -0.1) is 0 Å². The first-order valence-corrected chi connectivity index (χ1v) is 8.14.